The maximum atomic E-state index is 12.8. The predicted octanol–water partition coefficient (Wildman–Crippen LogP) is 6.96. The number of pyridine rings is 1. The number of para-hydroxylation sites is 1. The summed E-state index contributed by atoms with van der Waals surface area (Å²) in [5.41, 5.74) is 4.82. The van der Waals surface area contributed by atoms with Crippen LogP contribution in [0, 0.1) is 5.92 Å². The highest BCUT2D eigenvalue weighted by Crippen LogP contribution is 2.30. The molecule has 1 amide bonds. The van der Waals surface area contributed by atoms with Gasteiger partial charge in [-0.1, -0.05) is 66.7 Å². The molecule has 7 rings (SSSR count). The van der Waals surface area contributed by atoms with Crippen LogP contribution in [0.1, 0.15) is 49.3 Å². The fourth-order valence-corrected chi connectivity index (χ4v) is 8.02. The number of rotatable bonds is 16. The van der Waals surface area contributed by atoms with Gasteiger partial charge in [-0.15, -0.1) is 0 Å². The highest BCUT2D eigenvalue weighted by atomic mass is 16.6. The van der Waals surface area contributed by atoms with Gasteiger partial charge in [0.15, 0.2) is 0 Å². The van der Waals surface area contributed by atoms with E-state index >= 15 is 0 Å². The normalized spacial score (nSPS) is 16.4. The first-order valence-electron chi connectivity index (χ1n) is 20.4. The van der Waals surface area contributed by atoms with Gasteiger partial charge in [-0.3, -0.25) is 10.1 Å². The molecule has 2 saturated heterocycles. The summed E-state index contributed by atoms with van der Waals surface area (Å²) in [6.45, 7) is 7.84. The van der Waals surface area contributed by atoms with E-state index in [-0.39, 0.29) is 17.4 Å². The lowest BCUT2D eigenvalue weighted by Crippen LogP contribution is -2.39. The molecule has 1 atom stereocenters. The quantitative estimate of drug-likeness (QED) is 0.0674. The minimum absolute atomic E-state index is 0.00470. The van der Waals surface area contributed by atoms with Gasteiger partial charge in [-0.2, -0.15) is 0 Å². The van der Waals surface area contributed by atoms with E-state index in [1.807, 2.05) is 54.6 Å². The lowest BCUT2D eigenvalue weighted by molar-refractivity contribution is 0.0575. The molecule has 1 aromatic heterocycles. The molecule has 11 heteroatoms. The molecule has 0 unspecified atom stereocenters. The molecule has 5 N–H and O–H groups in total. The molecule has 11 nitrogen and oxygen atoms in total. The molecule has 2 fully saturated rings. The van der Waals surface area contributed by atoms with Gasteiger partial charge in [0.25, 0.3) is 0 Å². The molecule has 0 bridgehead atoms. The molecule has 0 saturated carbocycles. The third kappa shape index (κ3) is 11.2. The van der Waals surface area contributed by atoms with Gasteiger partial charge in [-0.25, -0.2) is 4.79 Å². The van der Waals surface area contributed by atoms with E-state index in [4.69, 9.17) is 9.47 Å². The third-order valence-corrected chi connectivity index (χ3v) is 11.3. The summed E-state index contributed by atoms with van der Waals surface area (Å²) in [6, 6.07) is 32.6. The molecule has 2 aliphatic rings. The minimum Gasteiger partial charge on any atom is -0.506 e. The molecule has 3 heterocycles. The van der Waals surface area contributed by atoms with Gasteiger partial charge in [0.1, 0.15) is 17.6 Å². The van der Waals surface area contributed by atoms with E-state index in [0.717, 1.165) is 107 Å². The fourth-order valence-electron chi connectivity index (χ4n) is 8.02. The summed E-state index contributed by atoms with van der Waals surface area (Å²) in [6.07, 6.45) is 4.59. The monoisotopic (exact) mass is 773 g/mol. The number of piperidine rings is 2. The van der Waals surface area contributed by atoms with E-state index in [9.17, 15) is 19.8 Å². The zero-order chi connectivity index (χ0) is 39.4. The molecule has 57 heavy (non-hydrogen) atoms. The zero-order valence-corrected chi connectivity index (χ0v) is 32.6. The maximum Gasteiger partial charge on any atom is 0.411 e. The number of nitrogens with zero attached hydrogens (tertiary/aromatic N) is 2. The number of aliphatic hydroxyl groups excluding tert-OH is 1. The second-order valence-electron chi connectivity index (χ2n) is 15.3. The van der Waals surface area contributed by atoms with Crippen molar-refractivity contribution in [3.8, 4) is 22.6 Å². The first-order chi connectivity index (χ1) is 27.9. The molecule has 5 aromatic rings. The number of amides is 1. The number of hydrogen-bond donors (Lipinski definition) is 5. The SMILES string of the molecule is O=C(Nc1ccccc1-c1ccccc1)OC1CCN(CCCOc2ccc(CCN3CCC(CNC[C@H](O)c4ccc(O)c5[nH]c(=O)ccc45)CC3)cc2)CC1. The van der Waals surface area contributed by atoms with Crippen molar-refractivity contribution < 1.29 is 24.5 Å². The van der Waals surface area contributed by atoms with E-state index < -0.39 is 12.2 Å². The van der Waals surface area contributed by atoms with Gasteiger partial charge >= 0.3 is 6.09 Å². The summed E-state index contributed by atoms with van der Waals surface area (Å²) in [7, 11) is 0. The number of anilines is 1. The van der Waals surface area contributed by atoms with Crippen LogP contribution in [0.25, 0.3) is 22.0 Å². The molecular weight excluding hydrogens is 719 g/mol. The van der Waals surface area contributed by atoms with Crippen molar-refractivity contribution in [2.24, 2.45) is 5.92 Å². The number of carbonyl (C=O) groups excluding carboxylic acids is 1. The van der Waals surface area contributed by atoms with Crippen molar-refractivity contribution in [2.75, 3.05) is 64.3 Å². The van der Waals surface area contributed by atoms with E-state index in [2.05, 4.69) is 49.7 Å². The van der Waals surface area contributed by atoms with Crippen molar-refractivity contribution in [2.45, 2.75) is 50.7 Å². The number of likely N-dealkylation sites (tertiary alicyclic amines) is 2. The average molecular weight is 774 g/mol. The molecule has 300 valence electrons. The highest BCUT2D eigenvalue weighted by Gasteiger charge is 2.23. The number of ether oxygens (including phenoxy) is 2. The van der Waals surface area contributed by atoms with Crippen molar-refractivity contribution in [1.82, 2.24) is 20.1 Å². The van der Waals surface area contributed by atoms with E-state index in [0.29, 0.717) is 35.5 Å². The number of aliphatic hydroxyl groups is 1. The standard InChI is InChI=1S/C46H55N5O6/c52-42-17-15-39(40-16-18-44(54)49-45(40)42)43(53)32-47-31-34-20-26-51(27-21-34)25-19-33-11-13-36(14-12-33)56-30-6-24-50-28-22-37(23-29-50)57-46(55)48-41-10-5-4-9-38(41)35-7-2-1-3-8-35/h1-5,7-18,34,37,43,47,52-53H,6,19-32H2,(H,48,55)(H,49,54)/t43-/m0/s1. The topological polar surface area (TPSA) is 139 Å². The molecule has 4 aromatic carbocycles. The Morgan fingerprint density at radius 3 is 2.33 bits per heavy atom. The van der Waals surface area contributed by atoms with Crippen LogP contribution in [0.4, 0.5) is 10.5 Å². The summed E-state index contributed by atoms with van der Waals surface area (Å²) < 4.78 is 11.9. The summed E-state index contributed by atoms with van der Waals surface area (Å²) in [5.74, 6) is 1.46. The first kappa shape index (κ1) is 40.0. The predicted molar refractivity (Wildman–Crippen MR) is 225 cm³/mol. The largest absolute Gasteiger partial charge is 0.506 e. The van der Waals surface area contributed by atoms with Gasteiger partial charge in [0.2, 0.25) is 5.56 Å². The number of nitrogens with one attached hydrogen (secondary N) is 3. The Morgan fingerprint density at radius 2 is 1.54 bits per heavy atom. The maximum absolute atomic E-state index is 12.8. The molecule has 0 aliphatic carbocycles. The smallest absolute Gasteiger partial charge is 0.411 e. The molecule has 0 radical (unpaired) electrons. The second kappa shape index (κ2) is 19.8. The Balaban J connectivity index is 0.730. The Bertz CT molecular complexity index is 2090. The number of aromatic hydroxyl groups is 1. The van der Waals surface area contributed by atoms with E-state index in [1.165, 1.54) is 17.7 Å². The number of fused-ring (bicyclic) bond motifs is 1. The number of aromatic amines is 1. The Hall–Kier alpha value is -5.20. The average Bonchev–Trinajstić information content (AvgIpc) is 3.24. The van der Waals surface area contributed by atoms with Crippen molar-refractivity contribution in [3.63, 3.8) is 0 Å². The van der Waals surface area contributed by atoms with Gasteiger partial charge in [0.05, 0.1) is 23.9 Å². The van der Waals surface area contributed by atoms with Crippen LogP contribution in [0.15, 0.2) is 108 Å². The lowest BCUT2D eigenvalue weighted by atomic mass is 9.96. The van der Waals surface area contributed by atoms with Crippen LogP contribution < -0.4 is 20.9 Å². The first-order valence-corrected chi connectivity index (χ1v) is 20.4. The van der Waals surface area contributed by atoms with Crippen LogP contribution in [0.5, 0.6) is 11.5 Å². The number of phenolic OH excluding ortho intramolecular Hbond substituents is 1. The number of benzene rings is 4. The number of hydrogen-bond acceptors (Lipinski definition) is 9. The van der Waals surface area contributed by atoms with E-state index in [1.54, 1.807) is 12.1 Å². The van der Waals surface area contributed by atoms with Crippen LogP contribution in [0.3, 0.4) is 0 Å². The summed E-state index contributed by atoms with van der Waals surface area (Å²) in [4.78, 5) is 32.1. The minimum atomic E-state index is -0.746. The van der Waals surface area contributed by atoms with Crippen LogP contribution in [0.2, 0.25) is 0 Å². The second-order valence-corrected chi connectivity index (χ2v) is 15.3. The van der Waals surface area contributed by atoms with Gasteiger partial charge in [0, 0.05) is 49.7 Å². The third-order valence-electron chi connectivity index (χ3n) is 11.3. The van der Waals surface area contributed by atoms with Gasteiger partial charge in [-0.05, 0) is 111 Å². The number of carbonyl (C=O) groups is 1. The lowest BCUT2D eigenvalue weighted by Gasteiger charge is -2.32. The van der Waals surface area contributed by atoms with Crippen molar-refractivity contribution in [1.29, 1.82) is 0 Å². The fraction of sp³-hybridized carbons (Fsp3) is 0.391. The van der Waals surface area contributed by atoms with Crippen LogP contribution in [-0.2, 0) is 11.2 Å². The Labute approximate surface area is 334 Å². The molecular formula is C46H55N5O6. The Morgan fingerprint density at radius 1 is 0.825 bits per heavy atom. The zero-order valence-electron chi connectivity index (χ0n) is 32.6. The molecule has 2 aliphatic heterocycles. The van der Waals surface area contributed by atoms with Crippen LogP contribution in [-0.4, -0.2) is 96.2 Å². The molecule has 0 spiro atoms. The number of aromatic nitrogens is 1. The highest BCUT2D eigenvalue weighted by molar-refractivity contribution is 5.91. The number of phenols is 1. The number of H-pyrrole nitrogens is 1. The van der Waals surface area contributed by atoms with Crippen LogP contribution >= 0.6 is 0 Å². The van der Waals surface area contributed by atoms with Crippen molar-refractivity contribution >= 4 is 22.7 Å². The van der Waals surface area contributed by atoms with Crippen molar-refractivity contribution in [3.05, 3.63) is 125 Å². The van der Waals surface area contributed by atoms with Gasteiger partial charge < -0.3 is 39.8 Å². The summed E-state index contributed by atoms with van der Waals surface area (Å²) >= 11 is 0. The Kier molecular flexibility index (Phi) is 13.9. The summed E-state index contributed by atoms with van der Waals surface area (Å²) in [5, 5.41) is 28.0.